The molecule has 0 saturated carbocycles. The van der Waals surface area contributed by atoms with Gasteiger partial charge in [-0.3, -0.25) is 4.79 Å². The van der Waals surface area contributed by atoms with Gasteiger partial charge >= 0.3 is 5.97 Å². The van der Waals surface area contributed by atoms with E-state index in [0.717, 1.165) is 6.07 Å². The predicted octanol–water partition coefficient (Wildman–Crippen LogP) is 2.98. The first-order valence-corrected chi connectivity index (χ1v) is 5.98. The molecular weight excluding hydrogens is 310 g/mol. The average molecular weight is 321 g/mol. The molecule has 98 valence electrons. The van der Waals surface area contributed by atoms with Crippen LogP contribution in [0.25, 0.3) is 0 Å². The molecule has 1 atom stereocenters. The number of hydrogen-bond acceptors (Lipinski definition) is 3. The Bertz CT molecular complexity index is 465. The Morgan fingerprint density at radius 1 is 1.44 bits per heavy atom. The highest BCUT2D eigenvalue weighted by molar-refractivity contribution is 9.10. The molecule has 1 aromatic carbocycles. The van der Waals surface area contributed by atoms with Gasteiger partial charge in [0.15, 0.2) is 0 Å². The molecule has 0 aliphatic rings. The lowest BCUT2D eigenvalue weighted by molar-refractivity contribution is -0.147. The van der Waals surface area contributed by atoms with Gasteiger partial charge in [0.2, 0.25) is 5.78 Å². The third-order valence-electron chi connectivity index (χ3n) is 2.22. The third kappa shape index (κ3) is 3.13. The summed E-state index contributed by atoms with van der Waals surface area (Å²) in [6.07, 6.45) is -2.43. The summed E-state index contributed by atoms with van der Waals surface area (Å²) in [5.41, 5.74) is 0.239. The van der Waals surface area contributed by atoms with Gasteiger partial charge in [-0.05, 0) is 47.5 Å². The molecule has 0 heterocycles. The van der Waals surface area contributed by atoms with E-state index in [2.05, 4.69) is 20.7 Å². The van der Waals surface area contributed by atoms with Gasteiger partial charge in [-0.1, -0.05) is 0 Å². The fraction of sp³-hybridized carbons (Fsp3) is 0.333. The van der Waals surface area contributed by atoms with Crippen LogP contribution in [0.5, 0.6) is 0 Å². The van der Waals surface area contributed by atoms with Crippen LogP contribution in [0.1, 0.15) is 22.8 Å². The Morgan fingerprint density at radius 3 is 2.56 bits per heavy atom. The normalized spacial score (nSPS) is 12.1. The van der Waals surface area contributed by atoms with Crippen LogP contribution >= 0.6 is 15.9 Å². The Balaban J connectivity index is 3.01. The lowest BCUT2D eigenvalue weighted by Gasteiger charge is -2.08. The van der Waals surface area contributed by atoms with Crippen molar-refractivity contribution in [2.75, 3.05) is 6.61 Å². The number of carbonyl (C=O) groups is 2. The predicted molar refractivity (Wildman–Crippen MR) is 64.7 cm³/mol. The van der Waals surface area contributed by atoms with E-state index >= 15 is 0 Å². The lowest BCUT2D eigenvalue weighted by Crippen LogP contribution is -2.28. The minimum atomic E-state index is -2.43. The maximum atomic E-state index is 13.5. The number of hydrogen-bond donors (Lipinski definition) is 0. The second-order valence-electron chi connectivity index (χ2n) is 3.57. The average Bonchev–Trinajstić information content (AvgIpc) is 2.33. The number of carbonyl (C=O) groups excluding carboxylic acids is 2. The fourth-order valence-corrected chi connectivity index (χ4v) is 1.57. The van der Waals surface area contributed by atoms with Crippen LogP contribution in [0.4, 0.5) is 8.78 Å². The highest BCUT2D eigenvalue weighted by Crippen LogP contribution is 2.23. The molecule has 0 saturated heterocycles. The summed E-state index contributed by atoms with van der Waals surface area (Å²) >= 11 is 2.98. The SMILES string of the molecule is CCOC(=O)C(F)C(=O)c1cc(C)c(Br)c(F)c1. The van der Waals surface area contributed by atoms with Crippen molar-refractivity contribution in [3.05, 3.63) is 33.5 Å². The van der Waals surface area contributed by atoms with Crippen molar-refractivity contribution in [1.29, 1.82) is 0 Å². The number of benzene rings is 1. The third-order valence-corrected chi connectivity index (χ3v) is 3.22. The summed E-state index contributed by atoms with van der Waals surface area (Å²) in [6, 6.07) is 2.19. The van der Waals surface area contributed by atoms with Crippen molar-refractivity contribution < 1.29 is 23.1 Å². The summed E-state index contributed by atoms with van der Waals surface area (Å²) < 4.78 is 31.4. The number of esters is 1. The number of aryl methyl sites for hydroxylation is 1. The highest BCUT2D eigenvalue weighted by Gasteiger charge is 2.29. The smallest absolute Gasteiger partial charge is 0.348 e. The first-order valence-electron chi connectivity index (χ1n) is 5.19. The zero-order chi connectivity index (χ0) is 13.9. The number of alkyl halides is 1. The molecule has 0 aliphatic carbocycles. The van der Waals surface area contributed by atoms with Crippen LogP contribution in [0.3, 0.4) is 0 Å². The Morgan fingerprint density at radius 2 is 2.06 bits per heavy atom. The molecule has 3 nitrogen and oxygen atoms in total. The number of ketones is 1. The molecule has 1 rings (SSSR count). The van der Waals surface area contributed by atoms with Gasteiger partial charge in [0.25, 0.3) is 6.17 Å². The van der Waals surface area contributed by atoms with Gasteiger partial charge in [-0.15, -0.1) is 0 Å². The number of ether oxygens (including phenoxy) is 1. The standard InChI is InChI=1S/C12H11BrF2O3/c1-3-18-12(17)10(15)11(16)7-4-6(2)9(13)8(14)5-7/h4-5,10H,3H2,1-2H3. The monoisotopic (exact) mass is 320 g/mol. The van der Waals surface area contributed by atoms with E-state index in [1.54, 1.807) is 6.92 Å². The molecule has 0 bridgehead atoms. The molecule has 0 N–H and O–H groups in total. The van der Waals surface area contributed by atoms with Crippen molar-refractivity contribution in [3.8, 4) is 0 Å². The van der Waals surface area contributed by atoms with Crippen LogP contribution in [0.2, 0.25) is 0 Å². The van der Waals surface area contributed by atoms with Gasteiger partial charge in [0, 0.05) is 5.56 Å². The topological polar surface area (TPSA) is 43.4 Å². The molecule has 0 radical (unpaired) electrons. The molecule has 1 unspecified atom stereocenters. The number of halogens is 3. The van der Waals surface area contributed by atoms with E-state index in [1.807, 2.05) is 0 Å². The first kappa shape index (κ1) is 14.8. The van der Waals surface area contributed by atoms with Gasteiger partial charge in [0.1, 0.15) is 5.82 Å². The Labute approximate surface area is 111 Å². The van der Waals surface area contributed by atoms with Crippen LogP contribution in [0, 0.1) is 12.7 Å². The largest absolute Gasteiger partial charge is 0.463 e. The van der Waals surface area contributed by atoms with E-state index in [-0.39, 0.29) is 16.6 Å². The molecule has 1 aromatic rings. The van der Waals surface area contributed by atoms with Crippen molar-refractivity contribution in [2.45, 2.75) is 20.0 Å². The molecule has 0 amide bonds. The summed E-state index contributed by atoms with van der Waals surface area (Å²) in [5.74, 6) is -3.05. The van der Waals surface area contributed by atoms with E-state index in [9.17, 15) is 18.4 Å². The van der Waals surface area contributed by atoms with Crippen molar-refractivity contribution in [3.63, 3.8) is 0 Å². The van der Waals surface area contributed by atoms with Crippen LogP contribution in [-0.4, -0.2) is 24.5 Å². The maximum Gasteiger partial charge on any atom is 0.348 e. The molecule has 0 fully saturated rings. The van der Waals surface area contributed by atoms with E-state index < -0.39 is 23.7 Å². The van der Waals surface area contributed by atoms with Crippen LogP contribution < -0.4 is 0 Å². The Hall–Kier alpha value is -1.30. The van der Waals surface area contributed by atoms with Gasteiger partial charge < -0.3 is 4.74 Å². The van der Waals surface area contributed by atoms with E-state index in [0.29, 0.717) is 5.56 Å². The minimum Gasteiger partial charge on any atom is -0.463 e. The maximum absolute atomic E-state index is 13.5. The zero-order valence-corrected chi connectivity index (χ0v) is 11.4. The molecule has 0 aliphatic heterocycles. The van der Waals surface area contributed by atoms with E-state index in [1.165, 1.54) is 13.0 Å². The minimum absolute atomic E-state index is 0.0275. The lowest BCUT2D eigenvalue weighted by atomic mass is 10.0. The molecule has 0 aromatic heterocycles. The van der Waals surface area contributed by atoms with Gasteiger partial charge in [-0.25, -0.2) is 13.6 Å². The zero-order valence-electron chi connectivity index (χ0n) is 9.80. The van der Waals surface area contributed by atoms with E-state index in [4.69, 9.17) is 0 Å². The second-order valence-corrected chi connectivity index (χ2v) is 4.36. The summed E-state index contributed by atoms with van der Waals surface area (Å²) in [6.45, 7) is 3.03. The molecule has 6 heteroatoms. The quantitative estimate of drug-likeness (QED) is 0.486. The van der Waals surface area contributed by atoms with Gasteiger partial charge in [-0.2, -0.15) is 0 Å². The summed E-state index contributed by atoms with van der Waals surface area (Å²) in [4.78, 5) is 22.7. The number of Topliss-reactive ketones (excluding diaryl/α,β-unsaturated/α-hetero) is 1. The summed E-state index contributed by atoms with van der Waals surface area (Å²) in [7, 11) is 0. The summed E-state index contributed by atoms with van der Waals surface area (Å²) in [5, 5.41) is 0. The fourth-order valence-electron chi connectivity index (χ4n) is 1.34. The highest BCUT2D eigenvalue weighted by atomic mass is 79.9. The van der Waals surface area contributed by atoms with Crippen LogP contribution in [0.15, 0.2) is 16.6 Å². The van der Waals surface area contributed by atoms with Crippen LogP contribution in [-0.2, 0) is 9.53 Å². The van der Waals surface area contributed by atoms with Crippen molar-refractivity contribution in [2.24, 2.45) is 0 Å². The second kappa shape index (κ2) is 6.04. The van der Waals surface area contributed by atoms with Gasteiger partial charge in [0.05, 0.1) is 11.1 Å². The molecular formula is C12H11BrF2O3. The number of rotatable bonds is 4. The molecule has 0 spiro atoms. The Kier molecular flexibility index (Phi) is 4.95. The first-order chi connectivity index (χ1) is 8.38. The molecule has 18 heavy (non-hydrogen) atoms. The van der Waals surface area contributed by atoms with Crippen molar-refractivity contribution in [1.82, 2.24) is 0 Å². The van der Waals surface area contributed by atoms with Crippen molar-refractivity contribution >= 4 is 27.7 Å².